The van der Waals surface area contributed by atoms with Gasteiger partial charge in [-0.15, -0.1) is 0 Å². The molecule has 1 aliphatic carbocycles. The number of hydrogen-bond donors (Lipinski definition) is 2. The van der Waals surface area contributed by atoms with E-state index in [0.717, 1.165) is 5.92 Å². The Morgan fingerprint density at radius 3 is 2.72 bits per heavy atom. The molecule has 0 radical (unpaired) electrons. The van der Waals surface area contributed by atoms with Crippen LogP contribution in [0.5, 0.6) is 0 Å². The molecule has 0 unspecified atom stereocenters. The number of benzene rings is 1. The van der Waals surface area contributed by atoms with E-state index in [1.54, 1.807) is 0 Å². The lowest BCUT2D eigenvalue weighted by Crippen LogP contribution is -2.31. The van der Waals surface area contributed by atoms with Gasteiger partial charge >= 0.3 is 0 Å². The van der Waals surface area contributed by atoms with Crippen LogP contribution in [0, 0.1) is 11.3 Å². The van der Waals surface area contributed by atoms with Crippen LogP contribution in [0.25, 0.3) is 0 Å². The Balaban J connectivity index is 1.48. The lowest BCUT2D eigenvalue weighted by atomic mass is 9.92. The summed E-state index contributed by atoms with van der Waals surface area (Å²) in [6.45, 7) is 5.92. The lowest BCUT2D eigenvalue weighted by molar-refractivity contribution is 0.316. The summed E-state index contributed by atoms with van der Waals surface area (Å²) in [5.41, 5.74) is 2.10. The number of piperidine rings is 1. The van der Waals surface area contributed by atoms with Crippen LogP contribution >= 0.6 is 0 Å². The van der Waals surface area contributed by atoms with Gasteiger partial charge in [0, 0.05) is 6.04 Å². The van der Waals surface area contributed by atoms with E-state index in [1.807, 2.05) is 0 Å². The van der Waals surface area contributed by atoms with Gasteiger partial charge in [-0.3, -0.25) is 0 Å². The fourth-order valence-electron chi connectivity index (χ4n) is 3.44. The molecule has 98 valence electrons. The molecule has 1 aromatic rings. The third-order valence-corrected chi connectivity index (χ3v) is 4.93. The summed E-state index contributed by atoms with van der Waals surface area (Å²) in [6, 6.07) is 11.2. The first kappa shape index (κ1) is 12.2. The first-order chi connectivity index (χ1) is 8.80. The van der Waals surface area contributed by atoms with Gasteiger partial charge in [-0.1, -0.05) is 30.3 Å². The molecular formula is C16H24N2. The van der Waals surface area contributed by atoms with Gasteiger partial charge < -0.3 is 10.6 Å². The summed E-state index contributed by atoms with van der Waals surface area (Å²) < 4.78 is 0. The van der Waals surface area contributed by atoms with E-state index >= 15 is 0 Å². The van der Waals surface area contributed by atoms with Gasteiger partial charge in [0.15, 0.2) is 0 Å². The maximum absolute atomic E-state index is 3.71. The summed E-state index contributed by atoms with van der Waals surface area (Å²) in [6.07, 6.45) is 4.22. The molecule has 1 saturated carbocycles. The minimum absolute atomic E-state index is 0.477. The molecule has 18 heavy (non-hydrogen) atoms. The van der Waals surface area contributed by atoms with Gasteiger partial charge in [0.2, 0.25) is 0 Å². The summed E-state index contributed by atoms with van der Waals surface area (Å²) in [4.78, 5) is 0. The quantitative estimate of drug-likeness (QED) is 0.851. The molecule has 2 nitrogen and oxygen atoms in total. The lowest BCUT2D eigenvalue weighted by Gasteiger charge is -2.24. The van der Waals surface area contributed by atoms with Crippen molar-refractivity contribution >= 4 is 0 Å². The van der Waals surface area contributed by atoms with E-state index in [4.69, 9.17) is 0 Å². The second-order valence-corrected chi connectivity index (χ2v) is 6.05. The standard InChI is InChI=1S/C16H24N2/c1-13(14-5-3-2-4-6-14)18-12-15-11-16(15)7-9-17-10-8-16/h2-6,13,15,17-18H,7-12H2,1H3/t13-,15+/m0/s1. The molecule has 1 saturated heterocycles. The third kappa shape index (κ3) is 2.45. The van der Waals surface area contributed by atoms with Crippen LogP contribution in [-0.2, 0) is 0 Å². The fourth-order valence-corrected chi connectivity index (χ4v) is 3.44. The maximum atomic E-state index is 3.71. The largest absolute Gasteiger partial charge is 0.317 e. The van der Waals surface area contributed by atoms with E-state index in [2.05, 4.69) is 47.9 Å². The van der Waals surface area contributed by atoms with Crippen molar-refractivity contribution in [3.8, 4) is 0 Å². The second-order valence-electron chi connectivity index (χ2n) is 6.05. The van der Waals surface area contributed by atoms with Crippen LogP contribution < -0.4 is 10.6 Å². The molecule has 1 aliphatic heterocycles. The van der Waals surface area contributed by atoms with Crippen LogP contribution in [-0.4, -0.2) is 19.6 Å². The predicted octanol–water partition coefficient (Wildman–Crippen LogP) is 2.73. The van der Waals surface area contributed by atoms with Crippen LogP contribution in [0.2, 0.25) is 0 Å². The molecule has 2 atom stereocenters. The van der Waals surface area contributed by atoms with E-state index in [1.165, 1.54) is 44.5 Å². The van der Waals surface area contributed by atoms with Gasteiger partial charge in [0.25, 0.3) is 0 Å². The van der Waals surface area contributed by atoms with Gasteiger partial charge in [-0.2, -0.15) is 0 Å². The third-order valence-electron chi connectivity index (χ3n) is 4.93. The van der Waals surface area contributed by atoms with Gasteiger partial charge in [0.05, 0.1) is 0 Å². The molecule has 2 N–H and O–H groups in total. The van der Waals surface area contributed by atoms with E-state index in [0.29, 0.717) is 11.5 Å². The normalized spacial score (nSPS) is 27.1. The van der Waals surface area contributed by atoms with Crippen molar-refractivity contribution in [3.63, 3.8) is 0 Å². The van der Waals surface area contributed by atoms with Crippen LogP contribution in [0.4, 0.5) is 0 Å². The second kappa shape index (κ2) is 5.02. The van der Waals surface area contributed by atoms with Crippen molar-refractivity contribution in [1.82, 2.24) is 10.6 Å². The molecule has 1 heterocycles. The van der Waals surface area contributed by atoms with E-state index in [9.17, 15) is 0 Å². The number of nitrogens with one attached hydrogen (secondary N) is 2. The summed E-state index contributed by atoms with van der Waals surface area (Å²) in [5, 5.41) is 7.18. The van der Waals surface area contributed by atoms with Crippen LogP contribution in [0.15, 0.2) is 30.3 Å². The average molecular weight is 244 g/mol. The van der Waals surface area contributed by atoms with Crippen LogP contribution in [0.3, 0.4) is 0 Å². The predicted molar refractivity (Wildman–Crippen MR) is 75.5 cm³/mol. The topological polar surface area (TPSA) is 24.1 Å². The Morgan fingerprint density at radius 2 is 2.00 bits per heavy atom. The highest BCUT2D eigenvalue weighted by molar-refractivity contribution is 5.18. The minimum Gasteiger partial charge on any atom is -0.317 e. The van der Waals surface area contributed by atoms with Gasteiger partial charge in [-0.25, -0.2) is 0 Å². The molecule has 3 rings (SSSR count). The van der Waals surface area contributed by atoms with Gasteiger partial charge in [0.1, 0.15) is 0 Å². The van der Waals surface area contributed by atoms with Crippen LogP contribution in [0.1, 0.15) is 37.8 Å². The molecule has 2 fully saturated rings. The number of rotatable bonds is 4. The van der Waals surface area contributed by atoms with Crippen molar-refractivity contribution in [2.75, 3.05) is 19.6 Å². The fraction of sp³-hybridized carbons (Fsp3) is 0.625. The van der Waals surface area contributed by atoms with Crippen molar-refractivity contribution in [2.45, 2.75) is 32.2 Å². The molecule has 1 spiro atoms. The molecule has 2 heteroatoms. The Hall–Kier alpha value is -0.860. The van der Waals surface area contributed by atoms with Crippen molar-refractivity contribution in [1.29, 1.82) is 0 Å². The zero-order chi connectivity index (χ0) is 12.4. The summed E-state index contributed by atoms with van der Waals surface area (Å²) >= 11 is 0. The number of hydrogen-bond acceptors (Lipinski definition) is 2. The van der Waals surface area contributed by atoms with E-state index < -0.39 is 0 Å². The monoisotopic (exact) mass is 244 g/mol. The molecular weight excluding hydrogens is 220 g/mol. The van der Waals surface area contributed by atoms with Crippen molar-refractivity contribution in [3.05, 3.63) is 35.9 Å². The van der Waals surface area contributed by atoms with Crippen molar-refractivity contribution < 1.29 is 0 Å². The smallest absolute Gasteiger partial charge is 0.0291 e. The zero-order valence-electron chi connectivity index (χ0n) is 11.3. The SMILES string of the molecule is C[C@H](NC[C@H]1CC12CCNCC2)c1ccccc1. The Bertz CT molecular complexity index is 381. The zero-order valence-corrected chi connectivity index (χ0v) is 11.3. The highest BCUT2D eigenvalue weighted by atomic mass is 14.9. The molecule has 1 aromatic carbocycles. The first-order valence-electron chi connectivity index (χ1n) is 7.29. The van der Waals surface area contributed by atoms with E-state index in [-0.39, 0.29) is 0 Å². The molecule has 0 bridgehead atoms. The molecule has 0 amide bonds. The van der Waals surface area contributed by atoms with Crippen molar-refractivity contribution in [2.24, 2.45) is 11.3 Å². The highest BCUT2D eigenvalue weighted by Gasteiger charge is 2.53. The Morgan fingerprint density at radius 1 is 1.28 bits per heavy atom. The summed E-state index contributed by atoms with van der Waals surface area (Å²) in [5.74, 6) is 0.922. The Labute approximate surface area is 110 Å². The maximum Gasteiger partial charge on any atom is 0.0291 e. The first-order valence-corrected chi connectivity index (χ1v) is 7.29. The minimum atomic E-state index is 0.477. The highest BCUT2D eigenvalue weighted by Crippen LogP contribution is 2.58. The van der Waals surface area contributed by atoms with Gasteiger partial charge in [-0.05, 0) is 62.7 Å². The Kier molecular flexibility index (Phi) is 3.40. The molecule has 2 aliphatic rings. The molecule has 0 aromatic heterocycles. The summed E-state index contributed by atoms with van der Waals surface area (Å²) in [7, 11) is 0. The average Bonchev–Trinajstić information content (AvgIpc) is 3.10.